The molecule has 26 heavy (non-hydrogen) atoms. The predicted molar refractivity (Wildman–Crippen MR) is 93.8 cm³/mol. The molecule has 9 heteroatoms. The molecular formula is C17H13ClF3N3OS. The highest BCUT2D eigenvalue weighted by Crippen LogP contribution is 2.34. The van der Waals surface area contributed by atoms with Gasteiger partial charge in [0.1, 0.15) is 0 Å². The largest absolute Gasteiger partial charge is 0.434 e. The fraction of sp³-hybridized carbons (Fsp3) is 0.176. The van der Waals surface area contributed by atoms with Gasteiger partial charge in [-0.3, -0.25) is 4.79 Å². The number of nitrogens with one attached hydrogen (secondary N) is 1. The Morgan fingerprint density at radius 1 is 1.27 bits per heavy atom. The number of carbonyl (C=O) groups excluding carboxylic acids is 1. The lowest BCUT2D eigenvalue weighted by Gasteiger charge is -2.14. The van der Waals surface area contributed by atoms with Crippen LogP contribution in [-0.2, 0) is 12.7 Å². The fourth-order valence-corrected chi connectivity index (χ4v) is 3.51. The van der Waals surface area contributed by atoms with Crippen molar-refractivity contribution in [2.75, 3.05) is 0 Å². The zero-order valence-corrected chi connectivity index (χ0v) is 15.0. The van der Waals surface area contributed by atoms with E-state index >= 15 is 0 Å². The van der Waals surface area contributed by atoms with E-state index in [0.29, 0.717) is 9.90 Å². The fourth-order valence-electron chi connectivity index (χ4n) is 2.48. The van der Waals surface area contributed by atoms with Crippen LogP contribution in [0.4, 0.5) is 13.2 Å². The van der Waals surface area contributed by atoms with Crippen molar-refractivity contribution in [3.8, 4) is 5.69 Å². The van der Waals surface area contributed by atoms with Gasteiger partial charge >= 0.3 is 6.18 Å². The molecule has 1 aromatic carbocycles. The van der Waals surface area contributed by atoms with Crippen molar-refractivity contribution in [3.05, 3.63) is 68.6 Å². The Kier molecular flexibility index (Phi) is 5.06. The van der Waals surface area contributed by atoms with E-state index in [1.54, 1.807) is 37.3 Å². The minimum Gasteiger partial charge on any atom is -0.347 e. The Morgan fingerprint density at radius 2 is 2.00 bits per heavy atom. The van der Waals surface area contributed by atoms with Gasteiger partial charge in [-0.1, -0.05) is 29.8 Å². The molecular weight excluding hydrogens is 387 g/mol. The van der Waals surface area contributed by atoms with Crippen LogP contribution in [0.25, 0.3) is 5.69 Å². The van der Waals surface area contributed by atoms with Crippen LogP contribution >= 0.6 is 22.9 Å². The van der Waals surface area contributed by atoms with E-state index in [9.17, 15) is 18.0 Å². The number of nitrogens with zero attached hydrogens (tertiary/aromatic N) is 2. The number of rotatable bonds is 4. The Balaban J connectivity index is 1.94. The smallest absolute Gasteiger partial charge is 0.347 e. The predicted octanol–water partition coefficient (Wildman–Crippen LogP) is 4.84. The molecule has 0 atom stereocenters. The summed E-state index contributed by atoms with van der Waals surface area (Å²) in [6.07, 6.45) is -3.80. The second-order valence-electron chi connectivity index (χ2n) is 5.49. The van der Waals surface area contributed by atoms with E-state index in [-0.39, 0.29) is 12.2 Å². The van der Waals surface area contributed by atoms with Crippen LogP contribution in [0.15, 0.2) is 42.6 Å². The van der Waals surface area contributed by atoms with Gasteiger partial charge in [0, 0.05) is 4.88 Å². The quantitative estimate of drug-likeness (QED) is 0.682. The van der Waals surface area contributed by atoms with Crippen molar-refractivity contribution in [1.82, 2.24) is 15.1 Å². The number of alkyl halides is 3. The van der Waals surface area contributed by atoms with Crippen LogP contribution in [-0.4, -0.2) is 15.7 Å². The molecule has 0 spiro atoms. The number of amides is 1. The minimum atomic E-state index is -4.74. The number of hydrogen-bond acceptors (Lipinski definition) is 3. The van der Waals surface area contributed by atoms with Crippen molar-refractivity contribution in [1.29, 1.82) is 0 Å². The summed E-state index contributed by atoms with van der Waals surface area (Å²) in [6, 6.07) is 9.89. The average Bonchev–Trinajstić information content (AvgIpc) is 3.19. The summed E-state index contributed by atoms with van der Waals surface area (Å²) in [5.41, 5.74) is -0.748. The van der Waals surface area contributed by atoms with Gasteiger partial charge in [-0.2, -0.15) is 18.3 Å². The molecule has 136 valence electrons. The first-order valence-corrected chi connectivity index (χ1v) is 8.70. The summed E-state index contributed by atoms with van der Waals surface area (Å²) in [5.74, 6) is -0.846. The number of benzene rings is 1. The molecule has 0 saturated carbocycles. The van der Waals surface area contributed by atoms with Gasteiger partial charge in [-0.15, -0.1) is 11.3 Å². The molecule has 3 aromatic rings. The van der Waals surface area contributed by atoms with Crippen molar-refractivity contribution in [2.45, 2.75) is 19.6 Å². The summed E-state index contributed by atoms with van der Waals surface area (Å²) >= 11 is 7.05. The molecule has 0 unspecified atom stereocenters. The lowest BCUT2D eigenvalue weighted by atomic mass is 10.1. The topological polar surface area (TPSA) is 46.9 Å². The summed E-state index contributed by atoms with van der Waals surface area (Å²) < 4.78 is 42.2. The number of carbonyl (C=O) groups is 1. The standard InChI is InChI=1S/C17H13ClF3N3OS/c1-10-4-2-3-5-13(10)24-15(17(19,20)21)12(9-23-24)16(25)22-8-11-6-7-14(18)26-11/h2-7,9H,8H2,1H3,(H,22,25). The van der Waals surface area contributed by atoms with E-state index in [4.69, 9.17) is 11.6 Å². The van der Waals surface area contributed by atoms with Crippen LogP contribution in [0.3, 0.4) is 0 Å². The number of para-hydroxylation sites is 1. The van der Waals surface area contributed by atoms with Crippen LogP contribution in [0.1, 0.15) is 26.5 Å². The van der Waals surface area contributed by atoms with Gasteiger partial charge in [0.05, 0.1) is 28.3 Å². The third-order valence-electron chi connectivity index (χ3n) is 3.68. The van der Waals surface area contributed by atoms with Crippen molar-refractivity contribution < 1.29 is 18.0 Å². The molecule has 0 aliphatic heterocycles. The maximum Gasteiger partial charge on any atom is 0.434 e. The number of aromatic nitrogens is 2. The normalized spacial score (nSPS) is 11.6. The molecule has 0 bridgehead atoms. The third-order valence-corrected chi connectivity index (χ3v) is 4.91. The van der Waals surface area contributed by atoms with Gasteiger partial charge in [0.15, 0.2) is 5.69 Å². The monoisotopic (exact) mass is 399 g/mol. The SMILES string of the molecule is Cc1ccccc1-n1ncc(C(=O)NCc2ccc(Cl)s2)c1C(F)(F)F. The van der Waals surface area contributed by atoms with Gasteiger partial charge in [0.2, 0.25) is 0 Å². The summed E-state index contributed by atoms with van der Waals surface area (Å²) in [7, 11) is 0. The lowest BCUT2D eigenvalue weighted by Crippen LogP contribution is -2.26. The molecule has 0 aliphatic rings. The second-order valence-corrected chi connectivity index (χ2v) is 7.29. The van der Waals surface area contributed by atoms with Crippen LogP contribution in [0, 0.1) is 6.92 Å². The summed E-state index contributed by atoms with van der Waals surface area (Å²) in [4.78, 5) is 13.1. The second kappa shape index (κ2) is 7.13. The van der Waals surface area contributed by atoms with E-state index < -0.39 is 23.3 Å². The maximum absolute atomic E-state index is 13.6. The van der Waals surface area contributed by atoms with Gasteiger partial charge < -0.3 is 5.32 Å². The molecule has 2 aromatic heterocycles. The van der Waals surface area contributed by atoms with Crippen molar-refractivity contribution in [3.63, 3.8) is 0 Å². The number of thiophene rings is 1. The minimum absolute atomic E-state index is 0.0864. The van der Waals surface area contributed by atoms with E-state index in [2.05, 4.69) is 10.4 Å². The van der Waals surface area contributed by atoms with Gasteiger partial charge in [-0.25, -0.2) is 4.68 Å². The van der Waals surface area contributed by atoms with Crippen LogP contribution < -0.4 is 5.32 Å². The Labute approximate surface area is 156 Å². The number of hydrogen-bond donors (Lipinski definition) is 1. The number of halogens is 4. The zero-order chi connectivity index (χ0) is 18.9. The summed E-state index contributed by atoms with van der Waals surface area (Å²) in [6.45, 7) is 1.76. The zero-order valence-electron chi connectivity index (χ0n) is 13.5. The summed E-state index contributed by atoms with van der Waals surface area (Å²) in [5, 5.41) is 6.29. The maximum atomic E-state index is 13.6. The Morgan fingerprint density at radius 3 is 2.62 bits per heavy atom. The highest BCUT2D eigenvalue weighted by Gasteiger charge is 2.40. The van der Waals surface area contributed by atoms with Crippen LogP contribution in [0.5, 0.6) is 0 Å². The average molecular weight is 400 g/mol. The molecule has 0 aliphatic carbocycles. The van der Waals surface area contributed by atoms with E-state index in [1.165, 1.54) is 17.4 Å². The molecule has 0 fully saturated rings. The molecule has 3 rings (SSSR count). The molecule has 0 saturated heterocycles. The number of aryl methyl sites for hydroxylation is 1. The lowest BCUT2D eigenvalue weighted by molar-refractivity contribution is -0.143. The van der Waals surface area contributed by atoms with Crippen LogP contribution in [0.2, 0.25) is 4.34 Å². The highest BCUT2D eigenvalue weighted by molar-refractivity contribution is 7.16. The third kappa shape index (κ3) is 3.76. The van der Waals surface area contributed by atoms with Gasteiger partial charge in [-0.05, 0) is 30.7 Å². The first kappa shape index (κ1) is 18.5. The molecule has 1 N–H and O–H groups in total. The van der Waals surface area contributed by atoms with E-state index in [1.807, 2.05) is 0 Å². The Hall–Kier alpha value is -2.32. The highest BCUT2D eigenvalue weighted by atomic mass is 35.5. The van der Waals surface area contributed by atoms with Crippen molar-refractivity contribution >= 4 is 28.8 Å². The molecule has 0 radical (unpaired) electrons. The molecule has 2 heterocycles. The van der Waals surface area contributed by atoms with Gasteiger partial charge in [0.25, 0.3) is 5.91 Å². The first-order valence-electron chi connectivity index (χ1n) is 7.51. The molecule has 4 nitrogen and oxygen atoms in total. The molecule has 1 amide bonds. The first-order chi connectivity index (χ1) is 12.3. The van der Waals surface area contributed by atoms with Crippen molar-refractivity contribution in [2.24, 2.45) is 0 Å². The Bertz CT molecular complexity index is 949. The van der Waals surface area contributed by atoms with E-state index in [0.717, 1.165) is 15.8 Å².